The lowest BCUT2D eigenvalue weighted by molar-refractivity contribution is 0.102. The second-order valence-electron chi connectivity index (χ2n) is 7.42. The molecule has 0 amide bonds. The van der Waals surface area contributed by atoms with Gasteiger partial charge in [0.05, 0.1) is 18.2 Å². The summed E-state index contributed by atoms with van der Waals surface area (Å²) in [6.45, 7) is 3.55. The molecule has 4 rings (SSSR count). The maximum Gasteiger partial charge on any atom is 0.0845 e. The summed E-state index contributed by atoms with van der Waals surface area (Å²) in [4.78, 5) is 2.42. The Bertz CT molecular complexity index is 961. The quantitative estimate of drug-likeness (QED) is 0.406. The number of fused-ring (bicyclic) bond motifs is 3. The van der Waals surface area contributed by atoms with Crippen LogP contribution in [0.15, 0.2) is 43.7 Å². The number of halogens is 3. The number of aromatic nitrogens is 1. The maximum absolute atomic E-state index is 10.9. The highest BCUT2D eigenvalue weighted by atomic mass is 79.9. The van der Waals surface area contributed by atoms with Crippen molar-refractivity contribution in [2.24, 2.45) is 0 Å². The van der Waals surface area contributed by atoms with Gasteiger partial charge in [-0.25, -0.2) is 0 Å². The number of benzene rings is 2. The van der Waals surface area contributed by atoms with Crippen molar-refractivity contribution in [1.29, 1.82) is 0 Å². The molecule has 3 aromatic rings. The third kappa shape index (κ3) is 4.30. The van der Waals surface area contributed by atoms with Crippen LogP contribution in [0.25, 0.3) is 21.8 Å². The van der Waals surface area contributed by atoms with Crippen LogP contribution in [0.2, 0.25) is 0 Å². The van der Waals surface area contributed by atoms with Crippen molar-refractivity contribution in [3.63, 3.8) is 0 Å². The average Bonchev–Trinajstić information content (AvgIpc) is 2.76. The van der Waals surface area contributed by atoms with Gasteiger partial charge in [-0.3, -0.25) is 0 Å². The monoisotopic (exact) mass is 556 g/mol. The minimum absolute atomic E-state index is 0.388. The molecule has 1 aromatic heterocycles. The summed E-state index contributed by atoms with van der Waals surface area (Å²) in [5.74, 6) is 0. The second kappa shape index (κ2) is 8.54. The third-order valence-electron chi connectivity index (χ3n) is 5.40. The summed E-state index contributed by atoms with van der Waals surface area (Å²) in [5.41, 5.74) is 2.29. The first kappa shape index (κ1) is 19.9. The van der Waals surface area contributed by atoms with Crippen LogP contribution in [-0.2, 0) is 6.54 Å². The summed E-state index contributed by atoms with van der Waals surface area (Å²) >= 11 is 11.0. The Hall–Kier alpha value is -0.400. The van der Waals surface area contributed by atoms with Gasteiger partial charge in [0.25, 0.3) is 0 Å². The van der Waals surface area contributed by atoms with Crippen LogP contribution in [0.5, 0.6) is 0 Å². The Labute approximate surface area is 185 Å². The van der Waals surface area contributed by atoms with Crippen LogP contribution >= 0.6 is 47.8 Å². The first-order valence-corrected chi connectivity index (χ1v) is 11.9. The highest BCUT2D eigenvalue weighted by Crippen LogP contribution is 2.37. The summed E-state index contributed by atoms with van der Waals surface area (Å²) in [6.07, 6.45) is 4.73. The molecule has 0 unspecified atom stereocenters. The van der Waals surface area contributed by atoms with E-state index in [-0.39, 0.29) is 6.10 Å². The van der Waals surface area contributed by atoms with Gasteiger partial charge >= 0.3 is 0 Å². The van der Waals surface area contributed by atoms with Crippen LogP contribution in [0, 0.1) is 0 Å². The number of rotatable bonds is 4. The van der Waals surface area contributed by atoms with E-state index in [1.54, 1.807) is 0 Å². The molecule has 1 aliphatic heterocycles. The molecular weight excluding hydrogens is 536 g/mol. The Balaban J connectivity index is 1.71. The van der Waals surface area contributed by atoms with E-state index in [0.717, 1.165) is 44.1 Å². The zero-order valence-corrected chi connectivity index (χ0v) is 19.9. The van der Waals surface area contributed by atoms with Crippen molar-refractivity contribution in [1.82, 2.24) is 9.47 Å². The predicted molar refractivity (Wildman–Crippen MR) is 123 cm³/mol. The van der Waals surface area contributed by atoms with Crippen molar-refractivity contribution in [2.45, 2.75) is 38.3 Å². The van der Waals surface area contributed by atoms with Crippen LogP contribution in [-0.4, -0.2) is 40.3 Å². The van der Waals surface area contributed by atoms with Crippen LogP contribution in [0.3, 0.4) is 0 Å². The predicted octanol–water partition coefficient (Wildman–Crippen LogP) is 6.32. The van der Waals surface area contributed by atoms with Gasteiger partial charge in [0.1, 0.15) is 0 Å². The topological polar surface area (TPSA) is 28.4 Å². The first-order valence-electron chi connectivity index (χ1n) is 9.50. The largest absolute Gasteiger partial charge is 0.390 e. The van der Waals surface area contributed by atoms with Gasteiger partial charge in [-0.2, -0.15) is 0 Å². The molecule has 1 atom stereocenters. The number of aliphatic hydroxyl groups excluding tert-OH is 1. The molecule has 2 aromatic carbocycles. The van der Waals surface area contributed by atoms with Gasteiger partial charge in [0.2, 0.25) is 0 Å². The lowest BCUT2D eigenvalue weighted by Gasteiger charge is -2.24. The molecule has 6 heteroatoms. The number of aliphatic hydroxyl groups is 1. The fourth-order valence-corrected chi connectivity index (χ4v) is 6.00. The number of nitrogens with zero attached hydrogens (tertiary/aromatic N) is 2. The van der Waals surface area contributed by atoms with Crippen molar-refractivity contribution >= 4 is 69.6 Å². The Morgan fingerprint density at radius 3 is 2.30 bits per heavy atom. The van der Waals surface area contributed by atoms with Gasteiger partial charge < -0.3 is 14.6 Å². The first-order chi connectivity index (χ1) is 13.0. The summed E-state index contributed by atoms with van der Waals surface area (Å²) in [7, 11) is 0. The Morgan fingerprint density at radius 1 is 0.852 bits per heavy atom. The Morgan fingerprint density at radius 2 is 1.56 bits per heavy atom. The SMILES string of the molecule is O[C@@H](CN1CCCCCC1)Cn1c2ccc(Br)cc2c2cc(Br)cc(Br)c21. The molecule has 0 saturated carbocycles. The average molecular weight is 559 g/mol. The van der Waals surface area contributed by atoms with Crippen LogP contribution < -0.4 is 0 Å². The maximum atomic E-state index is 10.9. The molecule has 2 heterocycles. The fourth-order valence-electron chi connectivity index (χ4n) is 4.20. The van der Waals surface area contributed by atoms with Crippen LogP contribution in [0.1, 0.15) is 25.7 Å². The number of hydrogen-bond donors (Lipinski definition) is 1. The smallest absolute Gasteiger partial charge is 0.0845 e. The van der Waals surface area contributed by atoms with Crippen molar-refractivity contribution < 1.29 is 5.11 Å². The minimum atomic E-state index is -0.388. The molecule has 1 fully saturated rings. The minimum Gasteiger partial charge on any atom is -0.390 e. The molecule has 144 valence electrons. The number of hydrogen-bond acceptors (Lipinski definition) is 2. The molecule has 0 bridgehead atoms. The van der Waals surface area contributed by atoms with Crippen molar-refractivity contribution in [3.05, 3.63) is 43.7 Å². The lowest BCUT2D eigenvalue weighted by Crippen LogP contribution is -2.35. The van der Waals surface area contributed by atoms with E-state index in [2.05, 4.69) is 87.6 Å². The zero-order chi connectivity index (χ0) is 19.0. The summed E-state index contributed by atoms with van der Waals surface area (Å²) in [6, 6.07) is 10.6. The molecule has 1 saturated heterocycles. The highest BCUT2D eigenvalue weighted by molar-refractivity contribution is 9.11. The van der Waals surface area contributed by atoms with E-state index in [9.17, 15) is 5.11 Å². The second-order valence-corrected chi connectivity index (χ2v) is 10.1. The molecule has 0 spiro atoms. The molecule has 0 radical (unpaired) electrons. The standard InChI is InChI=1S/C21H23Br3N2O/c22-14-5-6-20-17(9-14)18-10-15(23)11-19(24)21(18)26(20)13-16(27)12-25-7-3-1-2-4-8-25/h5-6,9-11,16,27H,1-4,7-8,12-13H2/t16-/m0/s1. The molecule has 1 aliphatic rings. The van der Waals surface area contributed by atoms with Crippen molar-refractivity contribution in [3.8, 4) is 0 Å². The third-order valence-corrected chi connectivity index (χ3v) is 6.95. The molecule has 3 nitrogen and oxygen atoms in total. The van der Waals surface area contributed by atoms with E-state index in [1.165, 1.54) is 36.5 Å². The molecule has 0 aliphatic carbocycles. The van der Waals surface area contributed by atoms with Gasteiger partial charge in [0, 0.05) is 36.3 Å². The molecule has 1 N–H and O–H groups in total. The zero-order valence-electron chi connectivity index (χ0n) is 15.1. The molecule has 27 heavy (non-hydrogen) atoms. The van der Waals surface area contributed by atoms with E-state index in [1.807, 2.05) is 0 Å². The van der Waals surface area contributed by atoms with E-state index < -0.39 is 0 Å². The number of likely N-dealkylation sites (tertiary alicyclic amines) is 1. The Kier molecular flexibility index (Phi) is 6.29. The van der Waals surface area contributed by atoms with Crippen molar-refractivity contribution in [2.75, 3.05) is 19.6 Å². The summed E-state index contributed by atoms with van der Waals surface area (Å²) < 4.78 is 5.42. The normalized spacial score (nSPS) is 17.5. The van der Waals surface area contributed by atoms with E-state index in [4.69, 9.17) is 0 Å². The summed E-state index contributed by atoms with van der Waals surface area (Å²) in [5, 5.41) is 13.3. The lowest BCUT2D eigenvalue weighted by atomic mass is 10.2. The van der Waals surface area contributed by atoms with E-state index in [0.29, 0.717) is 6.54 Å². The number of β-amino-alcohol motifs (C(OH)–C–C–N with tert-alkyl or cyclic N) is 1. The van der Waals surface area contributed by atoms with Gasteiger partial charge in [-0.05, 0) is 72.2 Å². The van der Waals surface area contributed by atoms with Gasteiger partial charge in [0.15, 0.2) is 0 Å². The molecular formula is C21H23Br3N2O. The fraction of sp³-hybridized carbons (Fsp3) is 0.429. The van der Waals surface area contributed by atoms with Gasteiger partial charge in [-0.15, -0.1) is 0 Å². The van der Waals surface area contributed by atoms with Gasteiger partial charge in [-0.1, -0.05) is 44.7 Å². The highest BCUT2D eigenvalue weighted by Gasteiger charge is 2.19. The van der Waals surface area contributed by atoms with E-state index >= 15 is 0 Å². The van der Waals surface area contributed by atoms with Crippen LogP contribution in [0.4, 0.5) is 0 Å².